The predicted octanol–water partition coefficient (Wildman–Crippen LogP) is 5.04. The van der Waals surface area contributed by atoms with Gasteiger partial charge in [-0.2, -0.15) is 0 Å². The van der Waals surface area contributed by atoms with Crippen LogP contribution in [-0.4, -0.2) is 18.5 Å². The molecule has 2 aliphatic rings. The van der Waals surface area contributed by atoms with Gasteiger partial charge < -0.3 is 14.2 Å². The molecule has 2 aromatic rings. The van der Waals surface area contributed by atoms with Crippen molar-refractivity contribution >= 4 is 5.69 Å². The lowest BCUT2D eigenvalue weighted by atomic mass is 9.72. The maximum atomic E-state index is 5.89. The molecule has 26 heavy (non-hydrogen) atoms. The normalized spacial score (nSPS) is 23.6. The maximum absolute atomic E-state index is 5.89. The Morgan fingerprint density at radius 3 is 2.69 bits per heavy atom. The number of para-hydroxylation sites is 1. The monoisotopic (exact) mass is 350 g/mol. The van der Waals surface area contributed by atoms with Gasteiger partial charge in [0.25, 0.3) is 0 Å². The molecule has 0 N–H and O–H groups in total. The molecular formula is C22H26N2O2. The Kier molecular flexibility index (Phi) is 4.45. The summed E-state index contributed by atoms with van der Waals surface area (Å²) >= 11 is 0. The molecule has 1 aliphatic heterocycles. The van der Waals surface area contributed by atoms with Gasteiger partial charge in [0.15, 0.2) is 0 Å². The number of ether oxygens (including phenoxy) is 1. The average molecular weight is 350 g/mol. The summed E-state index contributed by atoms with van der Waals surface area (Å²) in [5.41, 5.74) is 6.09. The fourth-order valence-corrected chi connectivity index (χ4v) is 4.38. The second-order valence-corrected chi connectivity index (χ2v) is 7.52. The summed E-state index contributed by atoms with van der Waals surface area (Å²) in [6.07, 6.45) is 7.70. The summed E-state index contributed by atoms with van der Waals surface area (Å²) in [4.78, 5) is 2.29. The van der Waals surface area contributed by atoms with E-state index in [1.165, 1.54) is 22.5 Å². The van der Waals surface area contributed by atoms with E-state index in [9.17, 15) is 0 Å². The molecule has 0 spiro atoms. The van der Waals surface area contributed by atoms with E-state index in [-0.39, 0.29) is 5.41 Å². The second-order valence-electron chi connectivity index (χ2n) is 7.52. The third kappa shape index (κ3) is 2.99. The molecule has 1 aliphatic carbocycles. The van der Waals surface area contributed by atoms with E-state index in [1.54, 1.807) is 0 Å². The summed E-state index contributed by atoms with van der Waals surface area (Å²) in [6.45, 7) is 7.74. The van der Waals surface area contributed by atoms with Crippen LogP contribution >= 0.6 is 0 Å². The van der Waals surface area contributed by atoms with E-state index < -0.39 is 0 Å². The first-order valence-corrected chi connectivity index (χ1v) is 9.33. The lowest BCUT2D eigenvalue weighted by molar-refractivity contribution is 0.132. The fraction of sp³-hybridized carbons (Fsp3) is 0.409. The molecule has 0 saturated heterocycles. The zero-order valence-corrected chi connectivity index (χ0v) is 15.8. The molecule has 1 atom stereocenters. The third-order valence-corrected chi connectivity index (χ3v) is 5.50. The maximum Gasteiger partial charge on any atom is 0.137 e. The Balaban J connectivity index is 1.74. The van der Waals surface area contributed by atoms with Crippen molar-refractivity contribution in [3.05, 3.63) is 70.8 Å². The highest BCUT2D eigenvalue weighted by Crippen LogP contribution is 2.43. The fourth-order valence-electron chi connectivity index (χ4n) is 4.38. The SMILES string of the molecule is Cc1noc(C)c1C1(C)C=CC2=C(CCCOCN2c2ccccc2)C1. The van der Waals surface area contributed by atoms with Crippen molar-refractivity contribution in [1.29, 1.82) is 0 Å². The standard InChI is InChI=1S/C22H26N2O2/c1-16-21(17(2)26-23-16)22(3)12-11-20-18(14-22)8-7-13-25-15-24(20)19-9-5-4-6-10-19/h4-6,9-12H,7-8,13-15H2,1-3H3. The highest BCUT2D eigenvalue weighted by atomic mass is 16.5. The number of benzene rings is 1. The van der Waals surface area contributed by atoms with Crippen LogP contribution in [0, 0.1) is 13.8 Å². The van der Waals surface area contributed by atoms with Gasteiger partial charge in [-0.25, -0.2) is 0 Å². The largest absolute Gasteiger partial charge is 0.361 e. The molecule has 0 amide bonds. The van der Waals surface area contributed by atoms with Crippen molar-refractivity contribution in [3.63, 3.8) is 0 Å². The summed E-state index contributed by atoms with van der Waals surface area (Å²) < 4.78 is 11.3. The topological polar surface area (TPSA) is 38.5 Å². The number of hydrogen-bond donors (Lipinski definition) is 0. The Morgan fingerprint density at radius 2 is 1.96 bits per heavy atom. The van der Waals surface area contributed by atoms with Crippen LogP contribution in [0.2, 0.25) is 0 Å². The van der Waals surface area contributed by atoms with E-state index in [4.69, 9.17) is 9.26 Å². The van der Waals surface area contributed by atoms with Gasteiger partial charge in [0.05, 0.1) is 5.69 Å². The van der Waals surface area contributed by atoms with E-state index in [0.29, 0.717) is 6.73 Å². The number of hydrogen-bond acceptors (Lipinski definition) is 4. The highest BCUT2D eigenvalue weighted by Gasteiger charge is 2.35. The van der Waals surface area contributed by atoms with Gasteiger partial charge >= 0.3 is 0 Å². The number of aromatic nitrogens is 1. The molecule has 1 aromatic heterocycles. The molecule has 2 heterocycles. The van der Waals surface area contributed by atoms with Crippen molar-refractivity contribution in [2.45, 2.75) is 45.4 Å². The Hall–Kier alpha value is -2.33. The van der Waals surface area contributed by atoms with Crippen LogP contribution in [0.15, 0.2) is 58.3 Å². The third-order valence-electron chi connectivity index (χ3n) is 5.50. The van der Waals surface area contributed by atoms with Crippen molar-refractivity contribution in [2.24, 2.45) is 0 Å². The minimum Gasteiger partial charge on any atom is -0.361 e. The minimum atomic E-state index is -0.0740. The molecule has 136 valence electrons. The molecule has 4 rings (SSSR count). The summed E-state index contributed by atoms with van der Waals surface area (Å²) in [5.74, 6) is 0.924. The lowest BCUT2D eigenvalue weighted by Gasteiger charge is -2.37. The average Bonchev–Trinajstić information content (AvgIpc) is 2.97. The molecule has 0 radical (unpaired) electrons. The molecule has 0 fully saturated rings. The highest BCUT2D eigenvalue weighted by molar-refractivity contribution is 5.58. The van der Waals surface area contributed by atoms with Crippen molar-refractivity contribution < 1.29 is 9.26 Å². The lowest BCUT2D eigenvalue weighted by Crippen LogP contribution is -2.33. The molecular weight excluding hydrogens is 324 g/mol. The van der Waals surface area contributed by atoms with Gasteiger partial charge in [0.1, 0.15) is 12.5 Å². The van der Waals surface area contributed by atoms with Crippen LogP contribution in [-0.2, 0) is 10.2 Å². The number of rotatable bonds is 2. The first-order chi connectivity index (χ1) is 12.6. The molecule has 0 saturated carbocycles. The van der Waals surface area contributed by atoms with Gasteiger partial charge in [-0.15, -0.1) is 0 Å². The van der Waals surface area contributed by atoms with Gasteiger partial charge in [-0.05, 0) is 56.9 Å². The molecule has 4 nitrogen and oxygen atoms in total. The molecule has 1 unspecified atom stereocenters. The Bertz CT molecular complexity index is 831. The van der Waals surface area contributed by atoms with Crippen LogP contribution in [0.3, 0.4) is 0 Å². The van der Waals surface area contributed by atoms with Gasteiger partial charge in [-0.1, -0.05) is 36.4 Å². The Morgan fingerprint density at radius 1 is 1.15 bits per heavy atom. The second kappa shape index (κ2) is 6.76. The van der Waals surface area contributed by atoms with E-state index >= 15 is 0 Å². The Labute approximate surface area is 155 Å². The van der Waals surface area contributed by atoms with Gasteiger partial charge in [0.2, 0.25) is 0 Å². The van der Waals surface area contributed by atoms with Crippen LogP contribution in [0.5, 0.6) is 0 Å². The molecule has 0 bridgehead atoms. The minimum absolute atomic E-state index is 0.0740. The van der Waals surface area contributed by atoms with Crippen molar-refractivity contribution in [1.82, 2.24) is 5.16 Å². The van der Waals surface area contributed by atoms with Crippen LogP contribution < -0.4 is 4.90 Å². The first kappa shape index (κ1) is 17.1. The summed E-state index contributed by atoms with van der Waals surface area (Å²) in [7, 11) is 0. The molecule has 4 heteroatoms. The van der Waals surface area contributed by atoms with Gasteiger partial charge in [0, 0.05) is 29.0 Å². The van der Waals surface area contributed by atoms with Crippen LogP contribution in [0.25, 0.3) is 0 Å². The summed E-state index contributed by atoms with van der Waals surface area (Å²) in [6, 6.07) is 10.5. The number of allylic oxidation sites excluding steroid dienone is 3. The number of nitrogens with zero attached hydrogens (tertiary/aromatic N) is 2. The van der Waals surface area contributed by atoms with Crippen molar-refractivity contribution in [2.75, 3.05) is 18.2 Å². The van der Waals surface area contributed by atoms with E-state index in [1.807, 2.05) is 13.8 Å². The smallest absolute Gasteiger partial charge is 0.137 e. The van der Waals surface area contributed by atoms with Crippen LogP contribution in [0.4, 0.5) is 5.69 Å². The molecule has 1 aromatic carbocycles. The number of aryl methyl sites for hydroxylation is 2. The first-order valence-electron chi connectivity index (χ1n) is 9.33. The van der Waals surface area contributed by atoms with E-state index in [0.717, 1.165) is 37.3 Å². The summed E-state index contributed by atoms with van der Waals surface area (Å²) in [5, 5.41) is 4.18. The zero-order valence-electron chi connectivity index (χ0n) is 15.8. The van der Waals surface area contributed by atoms with E-state index in [2.05, 4.69) is 59.5 Å². The quantitative estimate of drug-likeness (QED) is 0.761. The van der Waals surface area contributed by atoms with Crippen molar-refractivity contribution in [3.8, 4) is 0 Å². The zero-order chi connectivity index (χ0) is 18.1. The number of anilines is 1. The van der Waals surface area contributed by atoms with Crippen LogP contribution in [0.1, 0.15) is 43.2 Å². The van der Waals surface area contributed by atoms with Gasteiger partial charge in [-0.3, -0.25) is 0 Å². The predicted molar refractivity (Wildman–Crippen MR) is 103 cm³/mol.